The van der Waals surface area contributed by atoms with Crippen molar-refractivity contribution in [2.75, 3.05) is 18.9 Å². The van der Waals surface area contributed by atoms with E-state index in [1.54, 1.807) is 24.6 Å². The van der Waals surface area contributed by atoms with Gasteiger partial charge in [0.05, 0.1) is 0 Å². The summed E-state index contributed by atoms with van der Waals surface area (Å²) in [7, 11) is 1.78. The maximum Gasteiger partial charge on any atom is 0.270 e. The first-order chi connectivity index (χ1) is 11.1. The number of nitrogens with zero attached hydrogens (tertiary/aromatic N) is 1. The number of benzene rings is 1. The number of amides is 1. The molecule has 0 spiro atoms. The number of hydrogen-bond acceptors (Lipinski definition) is 4. The van der Waals surface area contributed by atoms with Crippen LogP contribution in [0.1, 0.15) is 41.7 Å². The van der Waals surface area contributed by atoms with Crippen LogP contribution in [0.15, 0.2) is 29.6 Å². The van der Waals surface area contributed by atoms with E-state index in [4.69, 9.17) is 0 Å². The number of nitrogens with one attached hydrogen (secondary N) is 2. The molecule has 1 fully saturated rings. The predicted molar refractivity (Wildman–Crippen MR) is 90.5 cm³/mol. The van der Waals surface area contributed by atoms with Crippen molar-refractivity contribution in [3.63, 3.8) is 0 Å². The van der Waals surface area contributed by atoms with E-state index in [0.29, 0.717) is 12.2 Å². The summed E-state index contributed by atoms with van der Waals surface area (Å²) in [4.78, 5) is 16.5. The lowest BCUT2D eigenvalue weighted by Crippen LogP contribution is -2.39. The van der Waals surface area contributed by atoms with Gasteiger partial charge in [-0.2, -0.15) is 0 Å². The molecule has 2 aromatic rings. The van der Waals surface area contributed by atoms with Crippen molar-refractivity contribution in [1.82, 2.24) is 10.3 Å². The Labute approximate surface area is 139 Å². The van der Waals surface area contributed by atoms with Crippen molar-refractivity contribution in [3.8, 4) is 0 Å². The number of carbonyl (C=O) groups is 1. The molecule has 1 aliphatic rings. The van der Waals surface area contributed by atoms with Crippen molar-refractivity contribution in [2.24, 2.45) is 0 Å². The summed E-state index contributed by atoms with van der Waals surface area (Å²) >= 11 is 1.40. The molecule has 1 aliphatic carbocycles. The average Bonchev–Trinajstić information content (AvgIpc) is 3.23. The molecule has 23 heavy (non-hydrogen) atoms. The van der Waals surface area contributed by atoms with Crippen LogP contribution < -0.4 is 10.6 Å². The zero-order valence-corrected chi connectivity index (χ0v) is 13.9. The average molecular weight is 333 g/mol. The standard InChI is InChI=1S/C17H20FN3OS/c1-19-16-21-14(10-23-16)15(22)20-11-17(7-2-3-8-17)12-5-4-6-13(18)9-12/h4-6,9-10H,2-3,7-8,11H2,1H3,(H,19,21)(H,20,22). The number of aromatic nitrogens is 1. The molecule has 122 valence electrons. The van der Waals surface area contributed by atoms with E-state index in [2.05, 4.69) is 15.6 Å². The maximum atomic E-state index is 13.6. The second-order valence-electron chi connectivity index (χ2n) is 5.97. The highest BCUT2D eigenvalue weighted by atomic mass is 32.1. The number of rotatable bonds is 5. The monoisotopic (exact) mass is 333 g/mol. The topological polar surface area (TPSA) is 54.0 Å². The van der Waals surface area contributed by atoms with Gasteiger partial charge in [-0.25, -0.2) is 9.37 Å². The molecule has 2 N–H and O–H groups in total. The third kappa shape index (κ3) is 3.37. The van der Waals surface area contributed by atoms with Gasteiger partial charge in [-0.15, -0.1) is 11.3 Å². The molecule has 0 aliphatic heterocycles. The fourth-order valence-corrected chi connectivity index (χ4v) is 3.92. The van der Waals surface area contributed by atoms with E-state index in [9.17, 15) is 9.18 Å². The van der Waals surface area contributed by atoms with Crippen LogP contribution in [0.2, 0.25) is 0 Å². The van der Waals surface area contributed by atoms with E-state index in [1.165, 1.54) is 17.4 Å². The van der Waals surface area contributed by atoms with E-state index in [1.807, 2.05) is 6.07 Å². The summed E-state index contributed by atoms with van der Waals surface area (Å²) in [6.45, 7) is 0.516. The highest BCUT2D eigenvalue weighted by Gasteiger charge is 2.36. The van der Waals surface area contributed by atoms with E-state index in [0.717, 1.165) is 36.4 Å². The van der Waals surface area contributed by atoms with Crippen molar-refractivity contribution in [2.45, 2.75) is 31.1 Å². The summed E-state index contributed by atoms with van der Waals surface area (Å²) in [6, 6.07) is 6.76. The third-order valence-corrected chi connectivity index (χ3v) is 5.40. The molecule has 1 saturated carbocycles. The van der Waals surface area contributed by atoms with Crippen LogP contribution in [0.25, 0.3) is 0 Å². The van der Waals surface area contributed by atoms with Gasteiger partial charge in [-0.1, -0.05) is 25.0 Å². The van der Waals surface area contributed by atoms with Gasteiger partial charge >= 0.3 is 0 Å². The summed E-state index contributed by atoms with van der Waals surface area (Å²) in [6.07, 6.45) is 4.14. The van der Waals surface area contributed by atoms with E-state index in [-0.39, 0.29) is 17.1 Å². The molecule has 4 nitrogen and oxygen atoms in total. The van der Waals surface area contributed by atoms with Crippen LogP contribution in [0.3, 0.4) is 0 Å². The number of carbonyl (C=O) groups excluding carboxylic acids is 1. The second kappa shape index (κ2) is 6.66. The Morgan fingerprint density at radius 2 is 2.17 bits per heavy atom. The first-order valence-corrected chi connectivity index (χ1v) is 8.68. The van der Waals surface area contributed by atoms with Gasteiger partial charge in [0.1, 0.15) is 11.5 Å². The third-order valence-electron chi connectivity index (χ3n) is 4.54. The number of anilines is 1. The maximum absolute atomic E-state index is 13.6. The molecule has 0 bridgehead atoms. The molecule has 3 rings (SSSR count). The van der Waals surface area contributed by atoms with Gasteiger partial charge < -0.3 is 10.6 Å². The first kappa shape index (κ1) is 15.9. The Morgan fingerprint density at radius 3 is 2.83 bits per heavy atom. The largest absolute Gasteiger partial charge is 0.365 e. The quantitative estimate of drug-likeness (QED) is 0.879. The molecule has 1 aromatic heterocycles. The van der Waals surface area contributed by atoms with Gasteiger partial charge in [-0.3, -0.25) is 4.79 Å². The van der Waals surface area contributed by atoms with E-state index >= 15 is 0 Å². The Hall–Kier alpha value is -1.95. The molecule has 1 amide bonds. The lowest BCUT2D eigenvalue weighted by atomic mass is 9.78. The molecular formula is C17H20FN3OS. The van der Waals surface area contributed by atoms with Crippen molar-refractivity contribution >= 4 is 22.4 Å². The summed E-state index contributed by atoms with van der Waals surface area (Å²) < 4.78 is 13.6. The highest BCUT2D eigenvalue weighted by molar-refractivity contribution is 7.13. The minimum Gasteiger partial charge on any atom is -0.365 e. The number of hydrogen-bond donors (Lipinski definition) is 2. The molecule has 1 aromatic carbocycles. The molecule has 0 saturated heterocycles. The zero-order chi connectivity index (χ0) is 16.3. The summed E-state index contributed by atoms with van der Waals surface area (Å²) in [5.74, 6) is -0.399. The minimum atomic E-state index is -0.224. The van der Waals surface area contributed by atoms with E-state index < -0.39 is 0 Å². The summed E-state index contributed by atoms with van der Waals surface area (Å²) in [5.41, 5.74) is 1.23. The van der Waals surface area contributed by atoms with Crippen molar-refractivity contribution in [3.05, 3.63) is 46.7 Å². The van der Waals surface area contributed by atoms with Crippen LogP contribution in [0, 0.1) is 5.82 Å². The molecule has 1 heterocycles. The molecule has 6 heteroatoms. The van der Waals surface area contributed by atoms with Gasteiger partial charge in [0, 0.05) is 24.4 Å². The van der Waals surface area contributed by atoms with Crippen molar-refractivity contribution in [1.29, 1.82) is 0 Å². The number of halogens is 1. The van der Waals surface area contributed by atoms with Gasteiger partial charge in [0.2, 0.25) is 0 Å². The SMILES string of the molecule is CNc1nc(C(=O)NCC2(c3cccc(F)c3)CCCC2)cs1. The lowest BCUT2D eigenvalue weighted by molar-refractivity contribution is 0.0939. The van der Waals surface area contributed by atoms with Crippen molar-refractivity contribution < 1.29 is 9.18 Å². The lowest BCUT2D eigenvalue weighted by Gasteiger charge is -2.30. The Morgan fingerprint density at radius 1 is 1.39 bits per heavy atom. The molecule has 0 radical (unpaired) electrons. The summed E-state index contributed by atoms with van der Waals surface area (Å²) in [5, 5.41) is 8.38. The number of thiazole rings is 1. The fraction of sp³-hybridized carbons (Fsp3) is 0.412. The highest BCUT2D eigenvalue weighted by Crippen LogP contribution is 2.40. The normalized spacial score (nSPS) is 16.3. The second-order valence-corrected chi connectivity index (χ2v) is 6.83. The van der Waals surface area contributed by atoms with Crippen LogP contribution >= 0.6 is 11.3 Å². The Bertz CT molecular complexity index is 695. The van der Waals surface area contributed by atoms with Crippen LogP contribution in [0.4, 0.5) is 9.52 Å². The zero-order valence-electron chi connectivity index (χ0n) is 13.1. The van der Waals surface area contributed by atoms with Crippen LogP contribution in [-0.2, 0) is 5.41 Å². The fourth-order valence-electron chi connectivity index (χ4n) is 3.27. The van der Waals surface area contributed by atoms with Gasteiger partial charge in [-0.05, 0) is 30.5 Å². The van der Waals surface area contributed by atoms with Gasteiger partial charge in [0.15, 0.2) is 5.13 Å². The van der Waals surface area contributed by atoms with Gasteiger partial charge in [0.25, 0.3) is 5.91 Å². The first-order valence-electron chi connectivity index (χ1n) is 7.80. The molecule has 0 atom stereocenters. The molecular weight excluding hydrogens is 313 g/mol. The Balaban J connectivity index is 1.74. The Kier molecular flexibility index (Phi) is 4.61. The minimum absolute atomic E-state index is 0.167. The van der Waals surface area contributed by atoms with Crippen LogP contribution in [0.5, 0.6) is 0 Å². The van der Waals surface area contributed by atoms with Crippen LogP contribution in [-0.4, -0.2) is 24.5 Å². The predicted octanol–water partition coefficient (Wildman–Crippen LogP) is 3.57. The molecule has 0 unspecified atom stereocenters. The smallest absolute Gasteiger partial charge is 0.270 e.